The third-order valence-electron chi connectivity index (χ3n) is 5.25. The molecule has 10 heteroatoms. The fourth-order valence-electron chi connectivity index (χ4n) is 3.74. The van der Waals surface area contributed by atoms with Crippen LogP contribution in [0, 0.1) is 11.7 Å². The highest BCUT2D eigenvalue weighted by atomic mass is 19.4. The number of hydrogen-bond donors (Lipinski definition) is 0. The Balaban J connectivity index is 1.48. The minimum absolute atomic E-state index is 0.0361. The van der Waals surface area contributed by atoms with Crippen LogP contribution in [0.15, 0.2) is 42.5 Å². The van der Waals surface area contributed by atoms with Crippen LogP contribution in [0.1, 0.15) is 17.9 Å². The van der Waals surface area contributed by atoms with Crippen molar-refractivity contribution in [3.63, 3.8) is 0 Å². The van der Waals surface area contributed by atoms with E-state index in [0.717, 1.165) is 10.6 Å². The molecular weight excluding hydrogens is 422 g/mol. The largest absolute Gasteiger partial charge is 0.493 e. The molecule has 0 bridgehead atoms. The van der Waals surface area contributed by atoms with Crippen LogP contribution in [0.5, 0.6) is 17.2 Å². The van der Waals surface area contributed by atoms with Gasteiger partial charge in [0.25, 0.3) is 0 Å². The molecule has 0 radical (unpaired) electrons. The first-order valence-electron chi connectivity index (χ1n) is 9.61. The molecule has 2 atom stereocenters. The van der Waals surface area contributed by atoms with E-state index in [2.05, 4.69) is 4.84 Å². The number of fused-ring (bicyclic) bond motifs is 1. The van der Waals surface area contributed by atoms with Gasteiger partial charge in [0.15, 0.2) is 11.5 Å². The summed E-state index contributed by atoms with van der Waals surface area (Å²) < 4.78 is 67.5. The van der Waals surface area contributed by atoms with Gasteiger partial charge in [0.1, 0.15) is 11.6 Å². The fraction of sp³-hybridized carbons (Fsp3) is 0.381. The molecule has 0 aliphatic carbocycles. The summed E-state index contributed by atoms with van der Waals surface area (Å²) in [5.74, 6) is -1.43. The van der Waals surface area contributed by atoms with Crippen LogP contribution in [-0.2, 0) is 9.63 Å². The van der Waals surface area contributed by atoms with Crippen molar-refractivity contribution in [1.82, 2.24) is 5.06 Å². The number of alkyl halides is 3. The molecule has 31 heavy (non-hydrogen) atoms. The Kier molecular flexibility index (Phi) is 5.90. The Morgan fingerprint density at radius 1 is 1.10 bits per heavy atom. The van der Waals surface area contributed by atoms with Gasteiger partial charge in [-0.3, -0.25) is 0 Å². The lowest BCUT2D eigenvalue weighted by Gasteiger charge is -2.37. The average molecular weight is 441 g/mol. The van der Waals surface area contributed by atoms with Gasteiger partial charge >= 0.3 is 12.1 Å². The van der Waals surface area contributed by atoms with Crippen LogP contribution in [0.4, 0.5) is 17.6 Å². The first-order chi connectivity index (χ1) is 14.8. The minimum atomic E-state index is -5.08. The number of piperidine rings is 1. The molecule has 2 aromatic carbocycles. The van der Waals surface area contributed by atoms with Crippen LogP contribution in [0.2, 0.25) is 0 Å². The summed E-state index contributed by atoms with van der Waals surface area (Å²) in [5, 5.41) is 1.00. The second kappa shape index (κ2) is 8.62. The van der Waals surface area contributed by atoms with Crippen molar-refractivity contribution in [3.8, 4) is 17.2 Å². The quantitative estimate of drug-likeness (QED) is 0.653. The number of benzene rings is 2. The van der Waals surface area contributed by atoms with Gasteiger partial charge < -0.3 is 19.0 Å². The smallest absolute Gasteiger partial charge is 0.492 e. The third-order valence-corrected chi connectivity index (χ3v) is 5.25. The number of rotatable bonds is 5. The van der Waals surface area contributed by atoms with Crippen LogP contribution >= 0.6 is 0 Å². The van der Waals surface area contributed by atoms with Gasteiger partial charge in [-0.25, -0.2) is 9.18 Å². The number of carbonyl (C=O) groups is 1. The van der Waals surface area contributed by atoms with Gasteiger partial charge in [-0.1, -0.05) is 12.1 Å². The van der Waals surface area contributed by atoms with E-state index in [0.29, 0.717) is 23.7 Å². The van der Waals surface area contributed by atoms with Crippen molar-refractivity contribution in [1.29, 1.82) is 0 Å². The second-order valence-corrected chi connectivity index (χ2v) is 7.30. The predicted molar refractivity (Wildman–Crippen MR) is 99.0 cm³/mol. The molecule has 166 valence electrons. The van der Waals surface area contributed by atoms with Crippen LogP contribution < -0.4 is 14.2 Å². The molecule has 1 saturated heterocycles. The van der Waals surface area contributed by atoms with E-state index in [1.54, 1.807) is 30.3 Å². The third kappa shape index (κ3) is 5.01. The van der Waals surface area contributed by atoms with Crippen molar-refractivity contribution >= 4 is 5.97 Å². The van der Waals surface area contributed by atoms with Crippen molar-refractivity contribution in [2.45, 2.75) is 18.5 Å². The van der Waals surface area contributed by atoms with Gasteiger partial charge in [0.05, 0.1) is 6.61 Å². The maximum atomic E-state index is 13.3. The highest BCUT2D eigenvalue weighted by molar-refractivity contribution is 5.75. The Hall–Kier alpha value is -3.01. The summed E-state index contributed by atoms with van der Waals surface area (Å²) in [7, 11) is 0. The van der Waals surface area contributed by atoms with E-state index in [9.17, 15) is 22.4 Å². The van der Waals surface area contributed by atoms with E-state index in [4.69, 9.17) is 14.2 Å². The fourth-order valence-corrected chi connectivity index (χ4v) is 3.74. The van der Waals surface area contributed by atoms with Gasteiger partial charge in [-0.05, 0) is 42.2 Å². The molecule has 2 aliphatic heterocycles. The zero-order valence-corrected chi connectivity index (χ0v) is 16.2. The van der Waals surface area contributed by atoms with E-state index in [1.807, 2.05) is 0 Å². The van der Waals surface area contributed by atoms with Gasteiger partial charge in [-0.15, -0.1) is 5.06 Å². The number of nitrogens with zero attached hydrogens (tertiary/aromatic N) is 1. The molecule has 0 amide bonds. The topological polar surface area (TPSA) is 57.2 Å². The number of hydroxylamine groups is 2. The van der Waals surface area contributed by atoms with Crippen LogP contribution in [-0.4, -0.2) is 43.7 Å². The Morgan fingerprint density at radius 2 is 1.84 bits per heavy atom. The number of ether oxygens (including phenoxy) is 3. The van der Waals surface area contributed by atoms with Crippen LogP contribution in [0.25, 0.3) is 0 Å². The first kappa shape index (κ1) is 21.2. The Labute approximate surface area is 175 Å². The summed E-state index contributed by atoms with van der Waals surface area (Å²) in [5.41, 5.74) is 0.836. The van der Waals surface area contributed by atoms with E-state index >= 15 is 0 Å². The summed E-state index contributed by atoms with van der Waals surface area (Å²) >= 11 is 0. The molecule has 2 aliphatic rings. The monoisotopic (exact) mass is 441 g/mol. The maximum Gasteiger partial charge on any atom is 0.492 e. The number of carbonyl (C=O) groups excluding carboxylic acids is 1. The predicted octanol–water partition coefficient (Wildman–Crippen LogP) is 4.06. The minimum Gasteiger partial charge on any atom is -0.493 e. The first-order valence-corrected chi connectivity index (χ1v) is 9.61. The van der Waals surface area contributed by atoms with Gasteiger partial charge in [-0.2, -0.15) is 13.2 Å². The van der Waals surface area contributed by atoms with Crippen molar-refractivity contribution < 1.29 is 41.4 Å². The number of halogens is 4. The summed E-state index contributed by atoms with van der Waals surface area (Å²) in [6.45, 7) is 0.411. The summed E-state index contributed by atoms with van der Waals surface area (Å²) in [4.78, 5) is 15.7. The van der Waals surface area contributed by atoms with Crippen molar-refractivity contribution in [3.05, 3.63) is 53.8 Å². The van der Waals surface area contributed by atoms with Gasteiger partial charge in [0.2, 0.25) is 6.79 Å². The molecule has 1 fully saturated rings. The standard InChI is InChI=1S/C21H19F4NO5/c22-15-3-1-13(2-4-15)17-7-8-26(31-20(27)21(23,24)25)10-14(17)11-28-16-5-6-18-19(9-16)30-12-29-18/h1-6,9,14,17H,7-8,10-12H2/t14-,17-/m0/s1. The normalized spacial score (nSPS) is 21.0. The lowest BCUT2D eigenvalue weighted by Crippen LogP contribution is -2.44. The molecule has 2 aromatic rings. The Morgan fingerprint density at radius 3 is 2.58 bits per heavy atom. The zero-order valence-electron chi connectivity index (χ0n) is 16.2. The lowest BCUT2D eigenvalue weighted by molar-refractivity contribution is -0.244. The zero-order chi connectivity index (χ0) is 22.0. The van der Waals surface area contributed by atoms with E-state index in [1.165, 1.54) is 12.1 Å². The summed E-state index contributed by atoms with van der Waals surface area (Å²) in [6, 6.07) is 11.0. The molecule has 2 heterocycles. The highest BCUT2D eigenvalue weighted by Gasteiger charge is 2.44. The molecule has 6 nitrogen and oxygen atoms in total. The molecule has 0 spiro atoms. The van der Waals surface area contributed by atoms with Crippen LogP contribution in [0.3, 0.4) is 0 Å². The van der Waals surface area contributed by atoms with Crippen molar-refractivity contribution in [2.75, 3.05) is 26.5 Å². The maximum absolute atomic E-state index is 13.3. The Bertz CT molecular complexity index is 934. The number of hydrogen-bond acceptors (Lipinski definition) is 6. The highest BCUT2D eigenvalue weighted by Crippen LogP contribution is 2.37. The molecule has 0 unspecified atom stereocenters. The average Bonchev–Trinajstić information content (AvgIpc) is 3.20. The SMILES string of the molecule is O=C(ON1CC[C@@H](c2ccc(F)cc2)[C@H](COc2ccc3c(c2)OCO3)C1)C(F)(F)F. The molecule has 0 saturated carbocycles. The molecule has 0 N–H and O–H groups in total. The molecule has 4 rings (SSSR count). The molecular formula is C21H19F4NO5. The van der Waals surface area contributed by atoms with E-state index < -0.39 is 12.1 Å². The lowest BCUT2D eigenvalue weighted by atomic mass is 9.81. The van der Waals surface area contributed by atoms with Gasteiger partial charge in [0, 0.05) is 25.1 Å². The molecule has 0 aromatic heterocycles. The van der Waals surface area contributed by atoms with Crippen molar-refractivity contribution in [2.24, 2.45) is 5.92 Å². The summed E-state index contributed by atoms with van der Waals surface area (Å²) in [6.07, 6.45) is -4.67. The van der Waals surface area contributed by atoms with E-state index in [-0.39, 0.29) is 44.1 Å². The second-order valence-electron chi connectivity index (χ2n) is 7.30.